The number of halogens is 1. The lowest BCUT2D eigenvalue weighted by atomic mass is 10.3. The highest BCUT2D eigenvalue weighted by Crippen LogP contribution is 2.25. The lowest BCUT2D eigenvalue weighted by Gasteiger charge is -1.99. The quantitative estimate of drug-likeness (QED) is 0.823. The number of benzene rings is 1. The maximum Gasteiger partial charge on any atom is 0.175 e. The lowest BCUT2D eigenvalue weighted by Crippen LogP contribution is -1.96. The molecule has 0 aliphatic heterocycles. The van der Waals surface area contributed by atoms with E-state index in [2.05, 4.69) is 15.9 Å². The fourth-order valence-electron chi connectivity index (χ4n) is 0.718. The smallest absolute Gasteiger partial charge is 0.175 e. The Morgan fingerprint density at radius 2 is 2.00 bits per heavy atom. The molecule has 0 fully saturated rings. The largest absolute Gasteiger partial charge is 0.507 e. The normalized spacial score (nSPS) is 11.5. The molecule has 0 aromatic heterocycles. The van der Waals surface area contributed by atoms with Gasteiger partial charge in [-0.2, -0.15) is 0 Å². The Morgan fingerprint density at radius 3 is 2.42 bits per heavy atom. The number of phenolic OH excluding ortho intramolecular Hbond substituents is 1. The number of sulfone groups is 1. The molecule has 0 atom stereocenters. The molecule has 0 amide bonds. The topological polar surface area (TPSA) is 54.4 Å². The maximum atomic E-state index is 11.0. The first-order valence-corrected chi connectivity index (χ1v) is 5.78. The minimum Gasteiger partial charge on any atom is -0.507 e. The van der Waals surface area contributed by atoms with Crippen LogP contribution in [0, 0.1) is 0 Å². The van der Waals surface area contributed by atoms with Gasteiger partial charge in [0.1, 0.15) is 5.75 Å². The number of hydrogen-bond donors (Lipinski definition) is 1. The molecular weight excluding hydrogens is 244 g/mol. The van der Waals surface area contributed by atoms with E-state index in [1.54, 1.807) is 0 Å². The Labute approximate surface area is 79.1 Å². The van der Waals surface area contributed by atoms with E-state index in [1.165, 1.54) is 18.2 Å². The average molecular weight is 251 g/mol. The Bertz CT molecular complexity index is 397. The van der Waals surface area contributed by atoms with Crippen LogP contribution in [0.5, 0.6) is 5.75 Å². The van der Waals surface area contributed by atoms with Crippen molar-refractivity contribution in [1.29, 1.82) is 0 Å². The van der Waals surface area contributed by atoms with Gasteiger partial charge in [-0.05, 0) is 34.1 Å². The first-order chi connectivity index (χ1) is 5.41. The van der Waals surface area contributed by atoms with Crippen LogP contribution >= 0.6 is 15.9 Å². The average Bonchev–Trinajstić information content (AvgIpc) is 1.92. The van der Waals surface area contributed by atoms with Crippen molar-refractivity contribution >= 4 is 25.8 Å². The summed E-state index contributed by atoms with van der Waals surface area (Å²) in [4.78, 5) is 0.187. The summed E-state index contributed by atoms with van der Waals surface area (Å²) >= 11 is 3.02. The van der Waals surface area contributed by atoms with Crippen molar-refractivity contribution < 1.29 is 13.5 Å². The van der Waals surface area contributed by atoms with Crippen LogP contribution in [0.3, 0.4) is 0 Å². The highest BCUT2D eigenvalue weighted by molar-refractivity contribution is 9.10. The second kappa shape index (κ2) is 3.06. The van der Waals surface area contributed by atoms with Crippen LogP contribution < -0.4 is 0 Å². The first-order valence-electron chi connectivity index (χ1n) is 3.10. The fourth-order valence-corrected chi connectivity index (χ4v) is 1.90. The van der Waals surface area contributed by atoms with Crippen LogP contribution in [0.2, 0.25) is 0 Å². The molecule has 12 heavy (non-hydrogen) atoms. The zero-order valence-corrected chi connectivity index (χ0v) is 8.68. The second-order valence-corrected chi connectivity index (χ2v) is 5.26. The third-order valence-electron chi connectivity index (χ3n) is 1.35. The van der Waals surface area contributed by atoms with Gasteiger partial charge in [0, 0.05) is 6.26 Å². The van der Waals surface area contributed by atoms with Crippen molar-refractivity contribution in [3.05, 3.63) is 22.7 Å². The predicted molar refractivity (Wildman–Crippen MR) is 48.9 cm³/mol. The predicted octanol–water partition coefficient (Wildman–Crippen LogP) is 1.56. The number of hydrogen-bond acceptors (Lipinski definition) is 3. The Morgan fingerprint density at radius 1 is 1.42 bits per heavy atom. The highest BCUT2D eigenvalue weighted by Gasteiger charge is 2.08. The van der Waals surface area contributed by atoms with Gasteiger partial charge in [0.15, 0.2) is 9.84 Å². The van der Waals surface area contributed by atoms with E-state index in [0.717, 1.165) is 6.26 Å². The Hall–Kier alpha value is -0.550. The standard InChI is InChI=1S/C7H7BrO3S/c1-12(10,11)5-2-3-7(9)6(8)4-5/h2-4,9H,1H3. The van der Waals surface area contributed by atoms with E-state index in [1.807, 2.05) is 0 Å². The Kier molecular flexibility index (Phi) is 2.44. The van der Waals surface area contributed by atoms with Gasteiger partial charge in [-0.1, -0.05) is 0 Å². The van der Waals surface area contributed by atoms with Gasteiger partial charge >= 0.3 is 0 Å². The van der Waals surface area contributed by atoms with Crippen LogP contribution in [0.4, 0.5) is 0 Å². The summed E-state index contributed by atoms with van der Waals surface area (Å²) < 4.78 is 22.4. The van der Waals surface area contributed by atoms with Gasteiger partial charge < -0.3 is 5.11 Å². The molecule has 0 aliphatic rings. The van der Waals surface area contributed by atoms with Crippen molar-refractivity contribution in [3.8, 4) is 5.75 Å². The van der Waals surface area contributed by atoms with Crippen LogP contribution in [0.1, 0.15) is 0 Å². The van der Waals surface area contributed by atoms with Gasteiger partial charge in [0.05, 0.1) is 9.37 Å². The third-order valence-corrected chi connectivity index (χ3v) is 3.09. The summed E-state index contributed by atoms with van der Waals surface area (Å²) in [7, 11) is -3.18. The molecule has 0 aliphatic carbocycles. The van der Waals surface area contributed by atoms with Crippen LogP contribution in [0.15, 0.2) is 27.6 Å². The number of aromatic hydroxyl groups is 1. The SMILES string of the molecule is CS(=O)(=O)c1ccc(O)c(Br)c1. The molecule has 0 heterocycles. The molecule has 0 spiro atoms. The van der Waals surface area contributed by atoms with Gasteiger partial charge in [-0.3, -0.25) is 0 Å². The molecule has 0 bridgehead atoms. The zero-order valence-electron chi connectivity index (χ0n) is 6.28. The summed E-state index contributed by atoms with van der Waals surface area (Å²) in [6, 6.07) is 4.06. The van der Waals surface area contributed by atoms with Crippen LogP contribution in [0.25, 0.3) is 0 Å². The van der Waals surface area contributed by atoms with Crippen molar-refractivity contribution in [2.45, 2.75) is 4.90 Å². The van der Waals surface area contributed by atoms with Gasteiger partial charge in [0.25, 0.3) is 0 Å². The van der Waals surface area contributed by atoms with Gasteiger partial charge in [-0.25, -0.2) is 8.42 Å². The summed E-state index contributed by atoms with van der Waals surface area (Å²) in [6.45, 7) is 0. The van der Waals surface area contributed by atoms with E-state index < -0.39 is 9.84 Å². The fraction of sp³-hybridized carbons (Fsp3) is 0.143. The summed E-state index contributed by atoms with van der Waals surface area (Å²) in [5.74, 6) is 0.0300. The van der Waals surface area contributed by atoms with E-state index in [-0.39, 0.29) is 10.6 Å². The highest BCUT2D eigenvalue weighted by atomic mass is 79.9. The Balaban J connectivity index is 3.33. The molecular formula is C7H7BrO3S. The number of rotatable bonds is 1. The molecule has 66 valence electrons. The molecule has 0 saturated carbocycles. The van der Waals surface area contributed by atoms with Crippen molar-refractivity contribution in [2.24, 2.45) is 0 Å². The monoisotopic (exact) mass is 250 g/mol. The summed E-state index contributed by atoms with van der Waals surface area (Å²) in [6.07, 6.45) is 1.12. The first kappa shape index (κ1) is 9.54. The van der Waals surface area contributed by atoms with E-state index in [9.17, 15) is 8.42 Å². The second-order valence-electron chi connectivity index (χ2n) is 2.39. The summed E-state index contributed by atoms with van der Waals surface area (Å²) in [5, 5.41) is 9.07. The molecule has 0 saturated heterocycles. The zero-order chi connectivity index (χ0) is 9.35. The molecule has 1 N–H and O–H groups in total. The van der Waals surface area contributed by atoms with Crippen molar-refractivity contribution in [3.63, 3.8) is 0 Å². The third kappa shape index (κ3) is 1.98. The minimum absolute atomic E-state index is 0.0300. The van der Waals surface area contributed by atoms with Crippen LogP contribution in [-0.2, 0) is 9.84 Å². The number of phenols is 1. The molecule has 0 radical (unpaired) electrons. The molecule has 0 unspecified atom stereocenters. The van der Waals surface area contributed by atoms with E-state index in [0.29, 0.717) is 4.47 Å². The molecule has 3 nitrogen and oxygen atoms in total. The maximum absolute atomic E-state index is 11.0. The molecule has 1 aromatic rings. The molecule has 5 heteroatoms. The van der Waals surface area contributed by atoms with E-state index in [4.69, 9.17) is 5.11 Å². The lowest BCUT2D eigenvalue weighted by molar-refractivity contribution is 0.471. The van der Waals surface area contributed by atoms with Gasteiger partial charge in [0.2, 0.25) is 0 Å². The minimum atomic E-state index is -3.18. The van der Waals surface area contributed by atoms with Crippen molar-refractivity contribution in [2.75, 3.05) is 6.26 Å². The molecule has 1 aromatic carbocycles. The summed E-state index contributed by atoms with van der Waals surface area (Å²) in [5.41, 5.74) is 0. The van der Waals surface area contributed by atoms with Crippen LogP contribution in [-0.4, -0.2) is 19.8 Å². The molecule has 1 rings (SSSR count). The van der Waals surface area contributed by atoms with Gasteiger partial charge in [-0.15, -0.1) is 0 Å². The van der Waals surface area contributed by atoms with E-state index >= 15 is 0 Å². The van der Waals surface area contributed by atoms with Crippen molar-refractivity contribution in [1.82, 2.24) is 0 Å².